The predicted molar refractivity (Wildman–Crippen MR) is 127 cm³/mol. The SMILES string of the molecule is Cc1cccc(C)c1-n1c(C(C)Nc2ncnc3nc[nH]c23)cc2ccc(F)c(C)c2c1=O. The molecule has 33 heavy (non-hydrogen) atoms. The molecule has 0 saturated heterocycles. The third-order valence-electron chi connectivity index (χ3n) is 6.09. The summed E-state index contributed by atoms with van der Waals surface area (Å²) in [5.41, 5.74) is 4.78. The van der Waals surface area contributed by atoms with Crippen LogP contribution in [0.1, 0.15) is 35.3 Å². The van der Waals surface area contributed by atoms with E-state index in [1.165, 1.54) is 12.4 Å². The standard InChI is InChI=1S/C25H23FN6O/c1-13-6-5-7-14(2)22(13)32-19(10-17-8-9-18(26)15(3)20(17)25(32)33)16(4)31-24-21-23(28-11-27-21)29-12-30-24/h5-12,16H,1-4H3,(H2,27,28,29,30,31). The molecule has 0 aliphatic heterocycles. The van der Waals surface area contributed by atoms with Gasteiger partial charge in [0.2, 0.25) is 0 Å². The third-order valence-corrected chi connectivity index (χ3v) is 6.09. The molecule has 166 valence electrons. The number of nitrogens with one attached hydrogen (secondary N) is 2. The highest BCUT2D eigenvalue weighted by atomic mass is 19.1. The molecule has 0 fully saturated rings. The first-order valence-electron chi connectivity index (χ1n) is 10.7. The number of pyridine rings is 1. The number of hydrogen-bond acceptors (Lipinski definition) is 5. The van der Waals surface area contributed by atoms with Gasteiger partial charge in [0.15, 0.2) is 11.5 Å². The number of aromatic amines is 1. The molecule has 0 spiro atoms. The van der Waals surface area contributed by atoms with Gasteiger partial charge < -0.3 is 10.3 Å². The highest BCUT2D eigenvalue weighted by molar-refractivity contribution is 5.86. The number of fused-ring (bicyclic) bond motifs is 2. The summed E-state index contributed by atoms with van der Waals surface area (Å²) in [6, 6.07) is 10.6. The third kappa shape index (κ3) is 3.34. The quantitative estimate of drug-likeness (QED) is 0.414. The number of aryl methyl sites for hydroxylation is 3. The summed E-state index contributed by atoms with van der Waals surface area (Å²) in [6.45, 7) is 7.55. The van der Waals surface area contributed by atoms with Crippen molar-refractivity contribution in [2.45, 2.75) is 33.7 Å². The van der Waals surface area contributed by atoms with E-state index in [1.54, 1.807) is 23.9 Å². The Morgan fingerprint density at radius 3 is 2.58 bits per heavy atom. The Kier molecular flexibility index (Phi) is 4.92. The van der Waals surface area contributed by atoms with Gasteiger partial charge in [0, 0.05) is 5.69 Å². The van der Waals surface area contributed by atoms with Crippen LogP contribution in [0.2, 0.25) is 0 Å². The molecule has 0 radical (unpaired) electrons. The fraction of sp³-hybridized carbons (Fsp3) is 0.200. The van der Waals surface area contributed by atoms with Crippen molar-refractivity contribution in [1.29, 1.82) is 0 Å². The highest BCUT2D eigenvalue weighted by Gasteiger charge is 2.21. The van der Waals surface area contributed by atoms with E-state index in [0.717, 1.165) is 22.5 Å². The summed E-state index contributed by atoms with van der Waals surface area (Å²) in [5, 5.41) is 4.47. The molecule has 0 aliphatic carbocycles. The first-order valence-corrected chi connectivity index (χ1v) is 10.7. The average Bonchev–Trinajstić information content (AvgIpc) is 3.27. The molecule has 8 heteroatoms. The van der Waals surface area contributed by atoms with E-state index in [2.05, 4.69) is 25.3 Å². The number of nitrogens with zero attached hydrogens (tertiary/aromatic N) is 4. The molecule has 7 nitrogen and oxygen atoms in total. The molecule has 5 rings (SSSR count). The van der Waals surface area contributed by atoms with Gasteiger partial charge in [-0.2, -0.15) is 0 Å². The van der Waals surface area contributed by atoms with Crippen LogP contribution in [-0.4, -0.2) is 24.5 Å². The number of aromatic nitrogens is 5. The van der Waals surface area contributed by atoms with Crippen molar-refractivity contribution >= 4 is 27.8 Å². The van der Waals surface area contributed by atoms with Crippen molar-refractivity contribution in [2.24, 2.45) is 0 Å². The maximum absolute atomic E-state index is 14.4. The summed E-state index contributed by atoms with van der Waals surface area (Å²) < 4.78 is 16.1. The first kappa shape index (κ1) is 20.8. The zero-order valence-corrected chi connectivity index (χ0v) is 18.8. The van der Waals surface area contributed by atoms with Crippen LogP contribution in [0.5, 0.6) is 0 Å². The van der Waals surface area contributed by atoms with Crippen molar-refractivity contribution in [2.75, 3.05) is 5.32 Å². The van der Waals surface area contributed by atoms with Crippen molar-refractivity contribution < 1.29 is 4.39 Å². The number of halogens is 1. The smallest absolute Gasteiger partial charge is 0.263 e. The van der Waals surface area contributed by atoms with Gasteiger partial charge in [-0.15, -0.1) is 0 Å². The van der Waals surface area contributed by atoms with Crippen LogP contribution in [-0.2, 0) is 0 Å². The topological polar surface area (TPSA) is 88.5 Å². The molecule has 0 bridgehead atoms. The first-order chi connectivity index (χ1) is 15.9. The number of benzene rings is 2. The average molecular weight is 442 g/mol. The highest BCUT2D eigenvalue weighted by Crippen LogP contribution is 2.29. The van der Waals surface area contributed by atoms with Gasteiger partial charge in [0.05, 0.1) is 23.4 Å². The number of H-pyrrole nitrogens is 1. The summed E-state index contributed by atoms with van der Waals surface area (Å²) in [4.78, 5) is 29.6. The molecule has 2 aromatic carbocycles. The van der Waals surface area contributed by atoms with Gasteiger partial charge in [-0.25, -0.2) is 19.3 Å². The number of anilines is 1. The van der Waals surface area contributed by atoms with Gasteiger partial charge >= 0.3 is 0 Å². The second-order valence-electron chi connectivity index (χ2n) is 8.28. The zero-order valence-electron chi connectivity index (χ0n) is 18.8. The van der Waals surface area contributed by atoms with Crippen LogP contribution < -0.4 is 10.9 Å². The molecule has 3 aromatic heterocycles. The Morgan fingerprint density at radius 1 is 1.06 bits per heavy atom. The van der Waals surface area contributed by atoms with Crippen LogP contribution in [0.15, 0.2) is 53.8 Å². The van der Waals surface area contributed by atoms with E-state index in [1.807, 2.05) is 45.0 Å². The molecule has 3 heterocycles. The summed E-state index contributed by atoms with van der Waals surface area (Å²) in [7, 11) is 0. The van der Waals surface area contributed by atoms with E-state index in [0.29, 0.717) is 33.3 Å². The zero-order chi connectivity index (χ0) is 23.3. The Bertz CT molecular complexity index is 1570. The molecule has 1 unspecified atom stereocenters. The largest absolute Gasteiger partial charge is 0.360 e. The normalized spacial score (nSPS) is 12.4. The molecule has 0 aliphatic rings. The van der Waals surface area contributed by atoms with Gasteiger partial charge in [0.25, 0.3) is 5.56 Å². The Labute approximate surface area is 189 Å². The second-order valence-corrected chi connectivity index (χ2v) is 8.28. The minimum atomic E-state index is -0.394. The fourth-order valence-corrected chi connectivity index (χ4v) is 4.43. The molecular weight excluding hydrogens is 419 g/mol. The van der Waals surface area contributed by atoms with Gasteiger partial charge in [0.1, 0.15) is 17.7 Å². The number of rotatable bonds is 4. The Hall–Kier alpha value is -4.07. The van der Waals surface area contributed by atoms with E-state index in [9.17, 15) is 9.18 Å². The number of imidazole rings is 1. The van der Waals surface area contributed by atoms with Gasteiger partial charge in [-0.3, -0.25) is 9.36 Å². The van der Waals surface area contributed by atoms with Crippen molar-refractivity contribution in [3.8, 4) is 5.69 Å². The van der Waals surface area contributed by atoms with Crippen LogP contribution in [0.25, 0.3) is 27.6 Å². The van der Waals surface area contributed by atoms with Crippen molar-refractivity contribution in [3.05, 3.63) is 87.6 Å². The van der Waals surface area contributed by atoms with Crippen LogP contribution in [0.3, 0.4) is 0 Å². The Morgan fingerprint density at radius 2 is 1.82 bits per heavy atom. The van der Waals surface area contributed by atoms with Crippen LogP contribution in [0.4, 0.5) is 10.2 Å². The lowest BCUT2D eigenvalue weighted by molar-refractivity contribution is 0.620. The minimum absolute atomic E-state index is 0.250. The van der Waals surface area contributed by atoms with Crippen molar-refractivity contribution in [3.63, 3.8) is 0 Å². The number of para-hydroxylation sites is 1. The van der Waals surface area contributed by atoms with E-state index < -0.39 is 5.82 Å². The van der Waals surface area contributed by atoms with Crippen LogP contribution >= 0.6 is 0 Å². The van der Waals surface area contributed by atoms with E-state index >= 15 is 0 Å². The maximum atomic E-state index is 14.4. The van der Waals surface area contributed by atoms with Gasteiger partial charge in [-0.05, 0) is 61.9 Å². The lowest BCUT2D eigenvalue weighted by atomic mass is 10.0. The lowest BCUT2D eigenvalue weighted by Gasteiger charge is -2.24. The van der Waals surface area contributed by atoms with E-state index in [4.69, 9.17) is 0 Å². The summed E-state index contributed by atoms with van der Waals surface area (Å²) >= 11 is 0. The molecule has 2 N–H and O–H groups in total. The number of hydrogen-bond donors (Lipinski definition) is 2. The molecule has 5 aromatic rings. The summed E-state index contributed by atoms with van der Waals surface area (Å²) in [5.74, 6) is 0.190. The van der Waals surface area contributed by atoms with Crippen molar-refractivity contribution in [1.82, 2.24) is 24.5 Å². The summed E-state index contributed by atoms with van der Waals surface area (Å²) in [6.07, 6.45) is 3.01. The molecule has 1 atom stereocenters. The second kappa shape index (κ2) is 7.81. The van der Waals surface area contributed by atoms with E-state index in [-0.39, 0.29) is 11.6 Å². The predicted octanol–water partition coefficient (Wildman–Crippen LogP) is 4.89. The molecular formula is C25H23FN6O. The Balaban J connectivity index is 1.78. The molecule has 0 amide bonds. The monoisotopic (exact) mass is 442 g/mol. The minimum Gasteiger partial charge on any atom is -0.360 e. The maximum Gasteiger partial charge on any atom is 0.263 e. The van der Waals surface area contributed by atoms with Crippen LogP contribution in [0, 0.1) is 26.6 Å². The lowest BCUT2D eigenvalue weighted by Crippen LogP contribution is -2.27. The fourth-order valence-electron chi connectivity index (χ4n) is 4.43. The molecule has 0 saturated carbocycles. The van der Waals surface area contributed by atoms with Gasteiger partial charge in [-0.1, -0.05) is 24.3 Å².